The van der Waals surface area contributed by atoms with E-state index >= 15 is 0 Å². The number of nitrogens with one attached hydrogen (secondary N) is 1. The molecule has 1 amide bonds. The van der Waals surface area contributed by atoms with Gasteiger partial charge in [0.2, 0.25) is 0 Å². The Morgan fingerprint density at radius 1 is 1.44 bits per heavy atom. The van der Waals surface area contributed by atoms with Crippen LogP contribution in [-0.2, 0) is 6.42 Å². The van der Waals surface area contributed by atoms with E-state index in [9.17, 15) is 9.18 Å². The van der Waals surface area contributed by atoms with E-state index in [4.69, 9.17) is 5.73 Å². The summed E-state index contributed by atoms with van der Waals surface area (Å²) in [6.45, 7) is 1.98. The van der Waals surface area contributed by atoms with Gasteiger partial charge in [-0.2, -0.15) is 0 Å². The minimum Gasteiger partial charge on any atom is -0.397 e. The number of carbonyl (C=O) groups excluding carboxylic acids is 1. The monoisotopic (exact) mass is 264 g/mol. The van der Waals surface area contributed by atoms with Crippen LogP contribution in [0.4, 0.5) is 15.8 Å². The van der Waals surface area contributed by atoms with Gasteiger partial charge in [0.15, 0.2) is 0 Å². The number of halogens is 1. The predicted molar refractivity (Wildman–Crippen MR) is 72.5 cm³/mol. The zero-order valence-corrected chi connectivity index (χ0v) is 10.7. The van der Waals surface area contributed by atoms with E-state index in [1.807, 2.05) is 18.4 Å². The first kappa shape index (κ1) is 12.6. The van der Waals surface area contributed by atoms with Gasteiger partial charge in [-0.15, -0.1) is 11.3 Å². The summed E-state index contributed by atoms with van der Waals surface area (Å²) in [5, 5.41) is 4.50. The number of nitrogens with two attached hydrogens (primary N) is 1. The fourth-order valence-corrected chi connectivity index (χ4v) is 2.52. The molecule has 0 radical (unpaired) electrons. The molecule has 0 spiro atoms. The van der Waals surface area contributed by atoms with E-state index in [1.54, 1.807) is 0 Å². The van der Waals surface area contributed by atoms with Gasteiger partial charge in [0.25, 0.3) is 5.91 Å². The summed E-state index contributed by atoms with van der Waals surface area (Å²) in [5.74, 6) is -0.680. The van der Waals surface area contributed by atoms with Crippen LogP contribution in [0.1, 0.15) is 22.2 Å². The number of aryl methyl sites for hydroxylation is 1. The third kappa shape index (κ3) is 2.51. The van der Waals surface area contributed by atoms with Gasteiger partial charge in [-0.05, 0) is 41.6 Å². The highest BCUT2D eigenvalue weighted by molar-refractivity contribution is 7.12. The standard InChI is InChI=1S/C13H13FN2OS/c1-2-8-5-6-18-12(8)13(17)16-11-7-9(14)3-4-10(11)15/h3-7H,2,15H2,1H3,(H,16,17). The average molecular weight is 264 g/mol. The highest BCUT2D eigenvalue weighted by Crippen LogP contribution is 2.23. The molecule has 0 aliphatic rings. The molecule has 0 saturated heterocycles. The Morgan fingerprint density at radius 2 is 2.22 bits per heavy atom. The molecule has 0 aliphatic carbocycles. The molecule has 5 heteroatoms. The molecule has 0 bridgehead atoms. The highest BCUT2D eigenvalue weighted by atomic mass is 32.1. The van der Waals surface area contributed by atoms with Gasteiger partial charge in [0.05, 0.1) is 16.3 Å². The molecule has 94 valence electrons. The molecule has 1 heterocycles. The molecule has 2 rings (SSSR count). The minimum absolute atomic E-state index is 0.251. The van der Waals surface area contributed by atoms with Crippen LogP contribution in [-0.4, -0.2) is 5.91 Å². The molecule has 0 unspecified atom stereocenters. The number of hydrogen-bond acceptors (Lipinski definition) is 3. The van der Waals surface area contributed by atoms with E-state index in [0.717, 1.165) is 12.0 Å². The van der Waals surface area contributed by atoms with Crippen LogP contribution < -0.4 is 11.1 Å². The summed E-state index contributed by atoms with van der Waals surface area (Å²) >= 11 is 1.36. The lowest BCUT2D eigenvalue weighted by Gasteiger charge is -2.08. The maximum absolute atomic E-state index is 13.1. The van der Waals surface area contributed by atoms with Crippen molar-refractivity contribution in [2.45, 2.75) is 13.3 Å². The lowest BCUT2D eigenvalue weighted by molar-refractivity contribution is 0.103. The van der Waals surface area contributed by atoms with E-state index in [1.165, 1.54) is 29.5 Å². The second kappa shape index (κ2) is 5.18. The number of rotatable bonds is 3. The van der Waals surface area contributed by atoms with Crippen LogP contribution in [0.25, 0.3) is 0 Å². The molecule has 0 fully saturated rings. The van der Waals surface area contributed by atoms with Gasteiger partial charge in [-0.1, -0.05) is 6.92 Å². The first-order valence-corrected chi connectivity index (χ1v) is 6.42. The van der Waals surface area contributed by atoms with Crippen LogP contribution in [0.5, 0.6) is 0 Å². The topological polar surface area (TPSA) is 55.1 Å². The van der Waals surface area contributed by atoms with Crippen LogP contribution in [0.15, 0.2) is 29.6 Å². The molecule has 0 saturated carbocycles. The number of carbonyl (C=O) groups is 1. The van der Waals surface area contributed by atoms with Crippen molar-refractivity contribution in [1.29, 1.82) is 0 Å². The van der Waals surface area contributed by atoms with Gasteiger partial charge in [0, 0.05) is 0 Å². The number of amides is 1. The van der Waals surface area contributed by atoms with Crippen molar-refractivity contribution in [2.75, 3.05) is 11.1 Å². The van der Waals surface area contributed by atoms with Crippen molar-refractivity contribution >= 4 is 28.6 Å². The Balaban J connectivity index is 2.24. The van der Waals surface area contributed by atoms with Crippen LogP contribution in [0, 0.1) is 5.82 Å². The van der Waals surface area contributed by atoms with Gasteiger partial charge < -0.3 is 11.1 Å². The molecule has 0 aliphatic heterocycles. The molecule has 3 N–H and O–H groups in total. The zero-order valence-electron chi connectivity index (χ0n) is 9.87. The Hall–Kier alpha value is -1.88. The number of anilines is 2. The Labute approximate surface area is 108 Å². The fraction of sp³-hybridized carbons (Fsp3) is 0.154. The number of thiophene rings is 1. The summed E-state index contributed by atoms with van der Waals surface area (Å²) in [6.07, 6.45) is 0.783. The third-order valence-corrected chi connectivity index (χ3v) is 3.55. The van der Waals surface area contributed by atoms with E-state index in [0.29, 0.717) is 16.3 Å². The Kier molecular flexibility index (Phi) is 3.62. The molecule has 18 heavy (non-hydrogen) atoms. The normalized spacial score (nSPS) is 10.3. The van der Waals surface area contributed by atoms with Gasteiger partial charge in [0.1, 0.15) is 5.82 Å². The zero-order chi connectivity index (χ0) is 13.1. The van der Waals surface area contributed by atoms with Gasteiger partial charge in [-0.25, -0.2) is 4.39 Å². The average Bonchev–Trinajstić information content (AvgIpc) is 2.82. The van der Waals surface area contributed by atoms with Gasteiger partial charge in [-0.3, -0.25) is 4.79 Å². The largest absolute Gasteiger partial charge is 0.397 e. The quantitative estimate of drug-likeness (QED) is 0.836. The van der Waals surface area contributed by atoms with Crippen molar-refractivity contribution in [3.05, 3.63) is 45.9 Å². The molecule has 3 nitrogen and oxygen atoms in total. The van der Waals surface area contributed by atoms with E-state index < -0.39 is 5.82 Å². The second-order valence-electron chi connectivity index (χ2n) is 3.81. The first-order chi connectivity index (χ1) is 8.61. The number of nitrogen functional groups attached to an aromatic ring is 1. The van der Waals surface area contributed by atoms with Crippen molar-refractivity contribution < 1.29 is 9.18 Å². The summed E-state index contributed by atoms with van der Waals surface area (Å²) in [6, 6.07) is 5.81. The number of benzene rings is 1. The van der Waals surface area contributed by atoms with Crippen LogP contribution in [0.2, 0.25) is 0 Å². The van der Waals surface area contributed by atoms with Crippen molar-refractivity contribution in [2.24, 2.45) is 0 Å². The smallest absolute Gasteiger partial charge is 0.266 e. The predicted octanol–water partition coefficient (Wildman–Crippen LogP) is 3.28. The van der Waals surface area contributed by atoms with Crippen molar-refractivity contribution in [1.82, 2.24) is 0 Å². The maximum Gasteiger partial charge on any atom is 0.266 e. The molecule has 1 aromatic carbocycles. The van der Waals surface area contributed by atoms with E-state index in [2.05, 4.69) is 5.32 Å². The highest BCUT2D eigenvalue weighted by Gasteiger charge is 2.13. The summed E-state index contributed by atoms with van der Waals surface area (Å²) in [4.78, 5) is 12.7. The van der Waals surface area contributed by atoms with Crippen molar-refractivity contribution in [3.8, 4) is 0 Å². The summed E-state index contributed by atoms with van der Waals surface area (Å²) in [7, 11) is 0. The summed E-state index contributed by atoms with van der Waals surface area (Å²) < 4.78 is 13.1. The minimum atomic E-state index is -0.429. The maximum atomic E-state index is 13.1. The fourth-order valence-electron chi connectivity index (χ4n) is 1.63. The summed E-state index contributed by atoms with van der Waals surface area (Å²) in [5.41, 5.74) is 7.31. The number of hydrogen-bond donors (Lipinski definition) is 2. The first-order valence-electron chi connectivity index (χ1n) is 5.54. The molecular weight excluding hydrogens is 251 g/mol. The molecule has 2 aromatic rings. The molecule has 1 aromatic heterocycles. The van der Waals surface area contributed by atoms with E-state index in [-0.39, 0.29) is 5.91 Å². The Morgan fingerprint density at radius 3 is 2.94 bits per heavy atom. The van der Waals surface area contributed by atoms with Crippen LogP contribution in [0.3, 0.4) is 0 Å². The second-order valence-corrected chi connectivity index (χ2v) is 4.73. The lowest BCUT2D eigenvalue weighted by Crippen LogP contribution is -2.13. The van der Waals surface area contributed by atoms with Gasteiger partial charge >= 0.3 is 0 Å². The molecule has 0 atom stereocenters. The van der Waals surface area contributed by atoms with Crippen LogP contribution >= 0.6 is 11.3 Å². The lowest BCUT2D eigenvalue weighted by atomic mass is 10.2. The SMILES string of the molecule is CCc1ccsc1C(=O)Nc1cc(F)ccc1N. The Bertz CT molecular complexity index is 580. The third-order valence-electron chi connectivity index (χ3n) is 2.60. The van der Waals surface area contributed by atoms with Crippen molar-refractivity contribution in [3.63, 3.8) is 0 Å². The molecular formula is C13H13FN2OS.